The van der Waals surface area contributed by atoms with Gasteiger partial charge in [-0.1, -0.05) is 55.5 Å². The number of hydrogen-bond acceptors (Lipinski definition) is 3. The molecule has 0 spiro atoms. The van der Waals surface area contributed by atoms with Crippen LogP contribution in [0.3, 0.4) is 0 Å². The minimum atomic E-state index is -0.317. The molecule has 0 saturated carbocycles. The van der Waals surface area contributed by atoms with E-state index in [0.29, 0.717) is 17.7 Å². The average molecular weight is 401 g/mol. The molecular weight excluding hydrogens is 378 g/mol. The van der Waals surface area contributed by atoms with E-state index in [4.69, 9.17) is 0 Å². The van der Waals surface area contributed by atoms with Crippen molar-refractivity contribution in [2.45, 2.75) is 13.3 Å². The highest BCUT2D eigenvalue weighted by molar-refractivity contribution is 6.21. The normalized spacial score (nSPS) is 12.9. The molecule has 0 unspecified atom stereocenters. The van der Waals surface area contributed by atoms with Crippen molar-refractivity contribution in [1.82, 2.24) is 10.2 Å². The fourth-order valence-corrected chi connectivity index (χ4v) is 3.74. The van der Waals surface area contributed by atoms with Gasteiger partial charge in [0.2, 0.25) is 0 Å². The van der Waals surface area contributed by atoms with E-state index in [1.54, 1.807) is 29.2 Å². The number of imide groups is 1. The molecule has 0 aliphatic carbocycles. The topological polar surface area (TPSA) is 69.7 Å². The molecule has 0 fully saturated rings. The van der Waals surface area contributed by atoms with Gasteiger partial charge in [-0.05, 0) is 30.0 Å². The van der Waals surface area contributed by atoms with E-state index in [-0.39, 0.29) is 30.9 Å². The molecule has 1 heterocycles. The minimum Gasteiger partial charge on any atom is -0.338 e. The lowest BCUT2D eigenvalue weighted by molar-refractivity contribution is 0.0658. The van der Waals surface area contributed by atoms with Crippen molar-refractivity contribution in [2.24, 2.45) is 0 Å². The largest absolute Gasteiger partial charge is 0.338 e. The summed E-state index contributed by atoms with van der Waals surface area (Å²) < 4.78 is 0. The number of nitrogens with zero attached hydrogens (tertiary/aromatic N) is 2. The zero-order valence-electron chi connectivity index (χ0n) is 16.8. The number of amides is 4. The van der Waals surface area contributed by atoms with Gasteiger partial charge in [0.25, 0.3) is 11.8 Å². The van der Waals surface area contributed by atoms with Gasteiger partial charge in [0.15, 0.2) is 0 Å². The van der Waals surface area contributed by atoms with E-state index >= 15 is 0 Å². The number of rotatable bonds is 6. The molecular formula is C24H23N3O3. The Bertz CT molecular complexity index is 1090. The van der Waals surface area contributed by atoms with E-state index in [9.17, 15) is 14.4 Å². The van der Waals surface area contributed by atoms with Crippen LogP contribution >= 0.6 is 0 Å². The van der Waals surface area contributed by atoms with Crippen LogP contribution in [0.15, 0.2) is 66.7 Å². The van der Waals surface area contributed by atoms with Crippen molar-refractivity contribution in [3.05, 3.63) is 77.9 Å². The highest BCUT2D eigenvalue weighted by Crippen LogP contribution is 2.28. The Morgan fingerprint density at radius 3 is 2.23 bits per heavy atom. The molecule has 0 atom stereocenters. The molecule has 1 N–H and O–H groups in total. The van der Waals surface area contributed by atoms with E-state index < -0.39 is 0 Å². The van der Waals surface area contributed by atoms with E-state index in [0.717, 1.165) is 22.9 Å². The lowest BCUT2D eigenvalue weighted by Crippen LogP contribution is -2.45. The van der Waals surface area contributed by atoms with Crippen molar-refractivity contribution in [3.63, 3.8) is 0 Å². The van der Waals surface area contributed by atoms with Crippen molar-refractivity contribution >= 4 is 34.3 Å². The minimum absolute atomic E-state index is 0.120. The number of fused-ring (bicyclic) bond motifs is 2. The third-order valence-corrected chi connectivity index (χ3v) is 5.25. The van der Waals surface area contributed by atoms with Crippen LogP contribution in [-0.2, 0) is 0 Å². The first-order valence-corrected chi connectivity index (χ1v) is 10.1. The number of nitrogens with one attached hydrogen (secondary N) is 1. The molecule has 1 aliphatic rings. The summed E-state index contributed by atoms with van der Waals surface area (Å²) >= 11 is 0. The standard InChI is InChI=1S/C24H23N3O3/c1-2-14-25-24(30)26(21-13-7-9-17-8-3-4-10-18(17)21)15-16-27-22(28)19-11-5-6-12-20(19)23(27)29/h3-13H,2,14-16H2,1H3,(H,25,30). The third kappa shape index (κ3) is 3.52. The van der Waals surface area contributed by atoms with E-state index in [1.807, 2.05) is 49.4 Å². The molecule has 6 heteroatoms. The predicted octanol–water partition coefficient (Wildman–Crippen LogP) is 4.06. The summed E-state index contributed by atoms with van der Waals surface area (Å²) in [6.45, 7) is 2.86. The molecule has 4 amide bonds. The fraction of sp³-hybridized carbons (Fsp3) is 0.208. The monoisotopic (exact) mass is 401 g/mol. The summed E-state index contributed by atoms with van der Waals surface area (Å²) in [6.07, 6.45) is 0.813. The van der Waals surface area contributed by atoms with Gasteiger partial charge >= 0.3 is 6.03 Å². The summed E-state index contributed by atoms with van der Waals surface area (Å²) in [5, 5.41) is 4.87. The van der Waals surface area contributed by atoms with Crippen LogP contribution < -0.4 is 10.2 Å². The Morgan fingerprint density at radius 2 is 1.53 bits per heavy atom. The van der Waals surface area contributed by atoms with Gasteiger partial charge in [-0.3, -0.25) is 19.4 Å². The summed E-state index contributed by atoms with van der Waals surface area (Å²) in [5.74, 6) is -0.634. The van der Waals surface area contributed by atoms with Gasteiger partial charge in [0, 0.05) is 25.0 Å². The Kier molecular flexibility index (Phi) is 5.48. The molecule has 3 aromatic rings. The van der Waals surface area contributed by atoms with Crippen molar-refractivity contribution in [1.29, 1.82) is 0 Å². The van der Waals surface area contributed by atoms with Gasteiger partial charge in [-0.2, -0.15) is 0 Å². The Balaban J connectivity index is 1.62. The number of anilines is 1. The van der Waals surface area contributed by atoms with Gasteiger partial charge in [0.05, 0.1) is 16.8 Å². The maximum Gasteiger partial charge on any atom is 0.321 e. The number of urea groups is 1. The molecule has 0 bridgehead atoms. The second kappa shape index (κ2) is 8.37. The number of carbonyl (C=O) groups excluding carboxylic acids is 3. The number of hydrogen-bond donors (Lipinski definition) is 1. The third-order valence-electron chi connectivity index (χ3n) is 5.25. The lowest BCUT2D eigenvalue weighted by atomic mass is 10.1. The van der Waals surface area contributed by atoms with Crippen molar-refractivity contribution in [3.8, 4) is 0 Å². The van der Waals surface area contributed by atoms with Crippen LogP contribution in [0.25, 0.3) is 10.8 Å². The maximum atomic E-state index is 13.0. The van der Waals surface area contributed by atoms with Gasteiger partial charge in [0.1, 0.15) is 0 Å². The van der Waals surface area contributed by atoms with E-state index in [2.05, 4.69) is 5.32 Å². The first-order valence-electron chi connectivity index (χ1n) is 10.1. The van der Waals surface area contributed by atoms with E-state index in [1.165, 1.54) is 4.90 Å². The van der Waals surface area contributed by atoms with Crippen molar-refractivity contribution in [2.75, 3.05) is 24.5 Å². The Morgan fingerprint density at radius 1 is 0.900 bits per heavy atom. The lowest BCUT2D eigenvalue weighted by Gasteiger charge is -2.26. The SMILES string of the molecule is CCCNC(=O)N(CCN1C(=O)c2ccccc2C1=O)c1cccc2ccccc12. The molecule has 3 aromatic carbocycles. The second-order valence-corrected chi connectivity index (χ2v) is 7.19. The molecule has 0 aromatic heterocycles. The molecule has 152 valence electrons. The summed E-state index contributed by atoms with van der Waals surface area (Å²) in [7, 11) is 0. The zero-order valence-corrected chi connectivity index (χ0v) is 16.8. The van der Waals surface area contributed by atoms with Crippen LogP contribution in [-0.4, -0.2) is 42.4 Å². The highest BCUT2D eigenvalue weighted by Gasteiger charge is 2.35. The van der Waals surface area contributed by atoms with Crippen molar-refractivity contribution < 1.29 is 14.4 Å². The summed E-state index contributed by atoms with van der Waals surface area (Å²) in [6, 6.07) is 20.2. The number of benzene rings is 3. The van der Waals surface area contributed by atoms with Crippen LogP contribution in [0.4, 0.5) is 10.5 Å². The van der Waals surface area contributed by atoms with Gasteiger partial charge < -0.3 is 5.32 Å². The van der Waals surface area contributed by atoms with Crippen LogP contribution in [0.1, 0.15) is 34.1 Å². The Labute approximate surface area is 175 Å². The first-order chi connectivity index (χ1) is 14.6. The predicted molar refractivity (Wildman–Crippen MR) is 117 cm³/mol. The van der Waals surface area contributed by atoms with Crippen LogP contribution in [0.2, 0.25) is 0 Å². The first kappa shape index (κ1) is 19.6. The summed E-state index contributed by atoms with van der Waals surface area (Å²) in [4.78, 5) is 41.2. The molecule has 1 aliphatic heterocycles. The average Bonchev–Trinajstić information content (AvgIpc) is 3.03. The quantitative estimate of drug-likeness (QED) is 0.633. The fourth-order valence-electron chi connectivity index (χ4n) is 3.74. The molecule has 0 saturated heterocycles. The van der Waals surface area contributed by atoms with Gasteiger partial charge in [-0.25, -0.2) is 4.79 Å². The molecule has 30 heavy (non-hydrogen) atoms. The molecule has 6 nitrogen and oxygen atoms in total. The smallest absolute Gasteiger partial charge is 0.321 e. The van der Waals surface area contributed by atoms with Gasteiger partial charge in [-0.15, -0.1) is 0 Å². The maximum absolute atomic E-state index is 13.0. The molecule has 0 radical (unpaired) electrons. The van der Waals surface area contributed by atoms with Crippen LogP contribution in [0, 0.1) is 0 Å². The zero-order chi connectivity index (χ0) is 21.1. The Hall–Kier alpha value is -3.67. The molecule has 4 rings (SSSR count). The number of carbonyl (C=O) groups is 3. The highest BCUT2D eigenvalue weighted by atomic mass is 16.2. The second-order valence-electron chi connectivity index (χ2n) is 7.19. The van der Waals surface area contributed by atoms with Crippen LogP contribution in [0.5, 0.6) is 0 Å². The summed E-state index contributed by atoms with van der Waals surface area (Å²) in [5.41, 5.74) is 1.57.